The molecule has 0 aromatic heterocycles. The molecule has 0 atom stereocenters. The average Bonchev–Trinajstić information content (AvgIpc) is 2.16. The van der Waals surface area contributed by atoms with E-state index >= 15 is 0 Å². The van der Waals surface area contributed by atoms with Crippen LogP contribution in [0.5, 0.6) is 5.75 Å². The van der Waals surface area contributed by atoms with E-state index in [1.807, 2.05) is 0 Å². The van der Waals surface area contributed by atoms with Gasteiger partial charge in [-0.15, -0.1) is 0 Å². The summed E-state index contributed by atoms with van der Waals surface area (Å²) in [4.78, 5) is 10.3. The lowest BCUT2D eigenvalue weighted by molar-refractivity contribution is -0.167. The van der Waals surface area contributed by atoms with Crippen molar-refractivity contribution in [2.24, 2.45) is 0 Å². The molecule has 0 aliphatic heterocycles. The van der Waals surface area contributed by atoms with Gasteiger partial charge >= 0.3 is 11.9 Å². The summed E-state index contributed by atoms with van der Waals surface area (Å²) in [6.07, 6.45) is 0. The molecule has 0 radical (unpaired) electrons. The van der Waals surface area contributed by atoms with Crippen LogP contribution in [0.2, 0.25) is 0 Å². The van der Waals surface area contributed by atoms with Gasteiger partial charge in [-0.2, -0.15) is 8.78 Å². The first-order valence-electron chi connectivity index (χ1n) is 3.85. The molecule has 15 heavy (non-hydrogen) atoms. The van der Waals surface area contributed by atoms with Crippen molar-refractivity contribution in [1.29, 1.82) is 0 Å². The highest BCUT2D eigenvalue weighted by Gasteiger charge is 2.45. The smallest absolute Gasteiger partial charge is 0.379 e. The van der Waals surface area contributed by atoms with E-state index in [4.69, 9.17) is 5.11 Å². The van der Waals surface area contributed by atoms with Crippen molar-refractivity contribution in [2.45, 2.75) is 5.92 Å². The number of hydrogen-bond acceptors (Lipinski definition) is 2. The Morgan fingerprint density at radius 2 is 2.07 bits per heavy atom. The van der Waals surface area contributed by atoms with Gasteiger partial charge in [-0.3, -0.25) is 0 Å². The van der Waals surface area contributed by atoms with E-state index in [-0.39, 0.29) is 0 Å². The molecule has 0 amide bonds. The van der Waals surface area contributed by atoms with Crippen LogP contribution in [0.4, 0.5) is 13.2 Å². The first kappa shape index (κ1) is 11.4. The van der Waals surface area contributed by atoms with Crippen molar-refractivity contribution in [3.8, 4) is 5.75 Å². The number of aliphatic carboxylic acids is 1. The molecule has 0 saturated heterocycles. The molecule has 1 aromatic carbocycles. The van der Waals surface area contributed by atoms with E-state index in [1.54, 1.807) is 0 Å². The zero-order valence-corrected chi connectivity index (χ0v) is 7.63. The summed E-state index contributed by atoms with van der Waals surface area (Å²) in [5.41, 5.74) is -1.26. The van der Waals surface area contributed by atoms with Gasteiger partial charge < -0.3 is 9.84 Å². The van der Waals surface area contributed by atoms with Crippen molar-refractivity contribution in [3.63, 3.8) is 0 Å². The minimum atomic E-state index is -4.31. The van der Waals surface area contributed by atoms with Gasteiger partial charge in [0.05, 0.1) is 7.11 Å². The normalized spacial score (nSPS) is 11.2. The summed E-state index contributed by atoms with van der Waals surface area (Å²) in [6, 6.07) is 2.96. The number of carbonyl (C=O) groups is 1. The largest absolute Gasteiger partial charge is 0.496 e. The monoisotopic (exact) mass is 220 g/mol. The van der Waals surface area contributed by atoms with E-state index in [0.29, 0.717) is 0 Å². The van der Waals surface area contributed by atoms with Crippen LogP contribution in [0.15, 0.2) is 18.2 Å². The number of alkyl halides is 2. The molecule has 1 N–H and O–H groups in total. The lowest BCUT2D eigenvalue weighted by Crippen LogP contribution is -2.27. The zero-order valence-electron chi connectivity index (χ0n) is 7.63. The third-order valence-corrected chi connectivity index (χ3v) is 1.78. The predicted molar refractivity (Wildman–Crippen MR) is 44.5 cm³/mol. The van der Waals surface area contributed by atoms with E-state index in [9.17, 15) is 18.0 Å². The molecule has 0 saturated carbocycles. The van der Waals surface area contributed by atoms with Crippen LogP contribution in [0.1, 0.15) is 5.56 Å². The van der Waals surface area contributed by atoms with Gasteiger partial charge in [-0.25, -0.2) is 9.18 Å². The fourth-order valence-electron chi connectivity index (χ4n) is 1.09. The second kappa shape index (κ2) is 3.80. The van der Waals surface area contributed by atoms with Gasteiger partial charge in [0.1, 0.15) is 17.1 Å². The van der Waals surface area contributed by atoms with E-state index in [2.05, 4.69) is 4.74 Å². The topological polar surface area (TPSA) is 46.5 Å². The SMILES string of the molecule is COc1cccc(F)c1C(F)(F)C(=O)O. The van der Waals surface area contributed by atoms with Crippen LogP contribution in [-0.4, -0.2) is 18.2 Å². The van der Waals surface area contributed by atoms with Crippen molar-refractivity contribution >= 4 is 5.97 Å². The van der Waals surface area contributed by atoms with Crippen molar-refractivity contribution in [1.82, 2.24) is 0 Å². The third-order valence-electron chi connectivity index (χ3n) is 1.78. The molecular formula is C9H7F3O3. The summed E-state index contributed by atoms with van der Waals surface area (Å²) in [7, 11) is 1.05. The number of halogens is 3. The molecule has 0 bridgehead atoms. The summed E-state index contributed by atoms with van der Waals surface area (Å²) in [6.45, 7) is 0. The Hall–Kier alpha value is -1.72. The molecule has 0 aliphatic carbocycles. The molecule has 0 spiro atoms. The number of rotatable bonds is 3. The molecule has 1 rings (SSSR count). The van der Waals surface area contributed by atoms with Gasteiger partial charge in [0.15, 0.2) is 0 Å². The van der Waals surface area contributed by atoms with Crippen LogP contribution >= 0.6 is 0 Å². The fourth-order valence-corrected chi connectivity index (χ4v) is 1.09. The predicted octanol–water partition coefficient (Wildman–Crippen LogP) is 2.01. The van der Waals surface area contributed by atoms with Crippen LogP contribution in [0.3, 0.4) is 0 Å². The Bertz CT molecular complexity index is 390. The Morgan fingerprint density at radius 1 is 1.47 bits per heavy atom. The Morgan fingerprint density at radius 3 is 2.53 bits per heavy atom. The molecule has 0 aliphatic rings. The first-order chi connectivity index (χ1) is 6.91. The van der Waals surface area contributed by atoms with Gasteiger partial charge in [0.25, 0.3) is 0 Å². The van der Waals surface area contributed by atoms with Crippen molar-refractivity contribution < 1.29 is 27.8 Å². The molecule has 0 heterocycles. The lowest BCUT2D eigenvalue weighted by atomic mass is 10.1. The number of hydrogen-bond donors (Lipinski definition) is 1. The maximum atomic E-state index is 13.1. The fraction of sp³-hybridized carbons (Fsp3) is 0.222. The number of ether oxygens (including phenoxy) is 1. The number of carboxylic acid groups (broad SMARTS) is 1. The summed E-state index contributed by atoms with van der Waals surface area (Å²) in [5.74, 6) is -8.55. The molecule has 0 unspecified atom stereocenters. The number of methoxy groups -OCH3 is 1. The van der Waals surface area contributed by atoms with Gasteiger partial charge in [0, 0.05) is 0 Å². The van der Waals surface area contributed by atoms with Gasteiger partial charge in [0.2, 0.25) is 0 Å². The molecule has 1 aromatic rings. The zero-order chi connectivity index (χ0) is 11.6. The first-order valence-corrected chi connectivity index (χ1v) is 3.85. The second-order valence-corrected chi connectivity index (χ2v) is 2.70. The highest BCUT2D eigenvalue weighted by Crippen LogP contribution is 2.36. The number of benzene rings is 1. The third kappa shape index (κ3) is 1.88. The summed E-state index contributed by atoms with van der Waals surface area (Å²) < 4.78 is 43.7. The van der Waals surface area contributed by atoms with E-state index in [1.165, 1.54) is 0 Å². The highest BCUT2D eigenvalue weighted by atomic mass is 19.3. The van der Waals surface area contributed by atoms with Crippen molar-refractivity contribution in [2.75, 3.05) is 7.11 Å². The lowest BCUT2D eigenvalue weighted by Gasteiger charge is -2.15. The molecule has 6 heteroatoms. The molecule has 82 valence electrons. The summed E-state index contributed by atoms with van der Waals surface area (Å²) in [5, 5.41) is 8.27. The van der Waals surface area contributed by atoms with Crippen LogP contribution in [0.25, 0.3) is 0 Å². The Balaban J connectivity index is 3.41. The molecule has 0 fully saturated rings. The van der Waals surface area contributed by atoms with Gasteiger partial charge in [-0.05, 0) is 12.1 Å². The van der Waals surface area contributed by atoms with Crippen LogP contribution < -0.4 is 4.74 Å². The summed E-state index contributed by atoms with van der Waals surface area (Å²) >= 11 is 0. The highest BCUT2D eigenvalue weighted by molar-refractivity contribution is 5.78. The second-order valence-electron chi connectivity index (χ2n) is 2.70. The maximum absolute atomic E-state index is 13.1. The van der Waals surface area contributed by atoms with Crippen LogP contribution in [-0.2, 0) is 10.7 Å². The van der Waals surface area contributed by atoms with E-state index < -0.39 is 29.0 Å². The van der Waals surface area contributed by atoms with Crippen LogP contribution in [0, 0.1) is 5.82 Å². The Kier molecular flexibility index (Phi) is 2.88. The van der Waals surface area contributed by atoms with Crippen molar-refractivity contribution in [3.05, 3.63) is 29.6 Å². The quantitative estimate of drug-likeness (QED) is 0.847. The average molecular weight is 220 g/mol. The minimum Gasteiger partial charge on any atom is -0.496 e. The maximum Gasteiger partial charge on any atom is 0.379 e. The van der Waals surface area contributed by atoms with Gasteiger partial charge in [-0.1, -0.05) is 6.07 Å². The standard InChI is InChI=1S/C9H7F3O3/c1-15-6-4-2-3-5(10)7(6)9(11,12)8(13)14/h2-4H,1H3,(H,13,14). The molecule has 3 nitrogen and oxygen atoms in total. The van der Waals surface area contributed by atoms with E-state index in [0.717, 1.165) is 25.3 Å². The Labute approximate surface area is 83.1 Å². The minimum absolute atomic E-state index is 0.498. The molecular weight excluding hydrogens is 213 g/mol. The number of carboxylic acids is 1.